The molecule has 0 atom stereocenters. The number of aromatic nitrogens is 2. The largest absolute Gasteiger partial charge is 0.351 e. The van der Waals surface area contributed by atoms with Crippen LogP contribution in [0.15, 0.2) is 49.1 Å². The van der Waals surface area contributed by atoms with E-state index in [4.69, 9.17) is 0 Å². The summed E-state index contributed by atoms with van der Waals surface area (Å²) in [7, 11) is 0. The van der Waals surface area contributed by atoms with Crippen molar-refractivity contribution in [2.75, 3.05) is 13.1 Å². The van der Waals surface area contributed by atoms with Crippen molar-refractivity contribution in [2.45, 2.75) is 19.4 Å². The van der Waals surface area contributed by atoms with E-state index in [0.717, 1.165) is 6.54 Å². The number of H-pyrrole nitrogens is 1. The van der Waals surface area contributed by atoms with Crippen LogP contribution in [0, 0.1) is 0 Å². The lowest BCUT2D eigenvalue weighted by Crippen LogP contribution is -2.18. The van der Waals surface area contributed by atoms with Crippen LogP contribution < -0.4 is 0 Å². The number of hydrogen-bond acceptors (Lipinski definition) is 2. The Morgan fingerprint density at radius 3 is 2.41 bits per heavy atom. The van der Waals surface area contributed by atoms with E-state index in [-0.39, 0.29) is 0 Å². The van der Waals surface area contributed by atoms with E-state index in [1.54, 1.807) is 18.7 Å². The Hall–Kier alpha value is -1.61. The maximum absolute atomic E-state index is 3.67. The lowest BCUT2D eigenvalue weighted by Gasteiger charge is -2.13. The van der Waals surface area contributed by atoms with Crippen LogP contribution in [-0.2, 0) is 6.54 Å². The maximum atomic E-state index is 3.67. The van der Waals surface area contributed by atoms with Gasteiger partial charge >= 0.3 is 0 Å². The van der Waals surface area contributed by atoms with Gasteiger partial charge in [-0.25, -0.2) is 4.98 Å². The molecule has 1 N–H and O–H groups in total. The molecule has 1 fully saturated rings. The zero-order chi connectivity index (χ0) is 11.8. The second-order valence-electron chi connectivity index (χ2n) is 4.23. The molecule has 2 aromatic rings. The summed E-state index contributed by atoms with van der Waals surface area (Å²) in [6, 6.07) is 10.7. The molecule has 0 unspecified atom stereocenters. The maximum Gasteiger partial charge on any atom is 0.0919 e. The van der Waals surface area contributed by atoms with Gasteiger partial charge in [-0.1, -0.05) is 30.3 Å². The molecule has 1 aliphatic rings. The van der Waals surface area contributed by atoms with Crippen molar-refractivity contribution in [3.8, 4) is 0 Å². The van der Waals surface area contributed by atoms with Crippen LogP contribution in [0.4, 0.5) is 0 Å². The molecule has 3 nitrogen and oxygen atoms in total. The van der Waals surface area contributed by atoms with Crippen molar-refractivity contribution < 1.29 is 0 Å². The van der Waals surface area contributed by atoms with E-state index in [1.807, 2.05) is 0 Å². The fourth-order valence-corrected chi connectivity index (χ4v) is 2.00. The quantitative estimate of drug-likeness (QED) is 0.858. The highest BCUT2D eigenvalue weighted by Gasteiger charge is 2.10. The van der Waals surface area contributed by atoms with E-state index in [9.17, 15) is 0 Å². The molecule has 1 aromatic carbocycles. The van der Waals surface area contributed by atoms with Crippen LogP contribution in [0.3, 0.4) is 0 Å². The van der Waals surface area contributed by atoms with E-state index in [0.29, 0.717) is 0 Å². The summed E-state index contributed by atoms with van der Waals surface area (Å²) >= 11 is 0. The molecular formula is C14H19N3. The van der Waals surface area contributed by atoms with E-state index >= 15 is 0 Å². The molecule has 0 aliphatic carbocycles. The first kappa shape index (κ1) is 11.9. The topological polar surface area (TPSA) is 31.9 Å². The fraction of sp³-hybridized carbons (Fsp3) is 0.357. The predicted molar refractivity (Wildman–Crippen MR) is 69.5 cm³/mol. The molecule has 0 amide bonds. The van der Waals surface area contributed by atoms with Crippen LogP contribution in [0.5, 0.6) is 0 Å². The number of imidazole rings is 1. The van der Waals surface area contributed by atoms with Crippen molar-refractivity contribution in [3.63, 3.8) is 0 Å². The summed E-state index contributed by atoms with van der Waals surface area (Å²) in [5.41, 5.74) is 1.44. The number of likely N-dealkylation sites (tertiary alicyclic amines) is 1. The van der Waals surface area contributed by atoms with E-state index in [1.165, 1.54) is 31.5 Å². The first-order chi connectivity index (χ1) is 8.45. The minimum Gasteiger partial charge on any atom is -0.351 e. The average molecular weight is 229 g/mol. The second kappa shape index (κ2) is 6.86. The Bertz CT molecular complexity index is 360. The van der Waals surface area contributed by atoms with Gasteiger partial charge in [0.15, 0.2) is 0 Å². The minimum atomic E-state index is 1.14. The van der Waals surface area contributed by atoms with Crippen LogP contribution in [-0.4, -0.2) is 28.0 Å². The number of nitrogens with zero attached hydrogens (tertiary/aromatic N) is 2. The van der Waals surface area contributed by atoms with Crippen molar-refractivity contribution in [1.29, 1.82) is 0 Å². The molecule has 1 aliphatic heterocycles. The Labute approximate surface area is 103 Å². The monoisotopic (exact) mass is 229 g/mol. The SMILES string of the molecule is c1c[nH]cn1.c1ccc(CN2CCCC2)cc1. The fourth-order valence-electron chi connectivity index (χ4n) is 2.00. The Morgan fingerprint density at radius 2 is 1.88 bits per heavy atom. The Balaban J connectivity index is 0.000000181. The smallest absolute Gasteiger partial charge is 0.0919 e. The first-order valence-corrected chi connectivity index (χ1v) is 6.14. The summed E-state index contributed by atoms with van der Waals surface area (Å²) in [5.74, 6) is 0. The van der Waals surface area contributed by atoms with Crippen molar-refractivity contribution in [2.24, 2.45) is 0 Å². The number of benzene rings is 1. The first-order valence-electron chi connectivity index (χ1n) is 6.14. The van der Waals surface area contributed by atoms with Gasteiger partial charge in [-0.3, -0.25) is 4.90 Å². The van der Waals surface area contributed by atoms with Gasteiger partial charge < -0.3 is 4.98 Å². The van der Waals surface area contributed by atoms with Gasteiger partial charge in [0, 0.05) is 18.9 Å². The standard InChI is InChI=1S/C11H15N.C3H4N2/c1-2-6-11(7-3-1)10-12-8-4-5-9-12;1-2-5-3-4-1/h1-3,6-7H,4-5,8-10H2;1-3H,(H,4,5). The lowest BCUT2D eigenvalue weighted by atomic mass is 10.2. The van der Waals surface area contributed by atoms with Crippen LogP contribution >= 0.6 is 0 Å². The molecule has 90 valence electrons. The molecule has 0 bridgehead atoms. The Morgan fingerprint density at radius 1 is 1.12 bits per heavy atom. The van der Waals surface area contributed by atoms with Gasteiger partial charge in [-0.15, -0.1) is 0 Å². The molecule has 3 heteroatoms. The second-order valence-corrected chi connectivity index (χ2v) is 4.23. The predicted octanol–water partition coefficient (Wildman–Crippen LogP) is 2.69. The number of aromatic amines is 1. The lowest BCUT2D eigenvalue weighted by molar-refractivity contribution is 0.331. The molecule has 17 heavy (non-hydrogen) atoms. The third-order valence-electron chi connectivity index (χ3n) is 2.85. The third kappa shape index (κ3) is 4.41. The summed E-state index contributed by atoms with van der Waals surface area (Å²) in [6.45, 7) is 3.71. The molecule has 1 saturated heterocycles. The van der Waals surface area contributed by atoms with Gasteiger partial charge in [-0.05, 0) is 31.5 Å². The van der Waals surface area contributed by atoms with Gasteiger partial charge in [-0.2, -0.15) is 0 Å². The summed E-state index contributed by atoms with van der Waals surface area (Å²) in [6.07, 6.45) is 7.85. The van der Waals surface area contributed by atoms with Crippen LogP contribution in [0.25, 0.3) is 0 Å². The summed E-state index contributed by atoms with van der Waals surface area (Å²) < 4.78 is 0. The zero-order valence-electron chi connectivity index (χ0n) is 10.0. The molecule has 1 aromatic heterocycles. The normalized spacial score (nSPS) is 15.3. The molecule has 0 radical (unpaired) electrons. The highest BCUT2D eigenvalue weighted by Crippen LogP contribution is 2.11. The van der Waals surface area contributed by atoms with Gasteiger partial charge in [0.1, 0.15) is 0 Å². The highest BCUT2D eigenvalue weighted by atomic mass is 15.1. The molecule has 0 saturated carbocycles. The summed E-state index contributed by atoms with van der Waals surface area (Å²) in [5, 5.41) is 0. The zero-order valence-corrected chi connectivity index (χ0v) is 10.0. The number of hydrogen-bond donors (Lipinski definition) is 1. The molecule has 0 spiro atoms. The van der Waals surface area contributed by atoms with Crippen molar-refractivity contribution in [1.82, 2.24) is 14.9 Å². The third-order valence-corrected chi connectivity index (χ3v) is 2.85. The molecule has 2 heterocycles. The number of nitrogens with one attached hydrogen (secondary N) is 1. The minimum absolute atomic E-state index is 1.14. The van der Waals surface area contributed by atoms with Crippen molar-refractivity contribution in [3.05, 3.63) is 54.6 Å². The number of rotatable bonds is 2. The van der Waals surface area contributed by atoms with Gasteiger partial charge in [0.05, 0.1) is 6.33 Å². The van der Waals surface area contributed by atoms with Gasteiger partial charge in [0.2, 0.25) is 0 Å². The highest BCUT2D eigenvalue weighted by molar-refractivity contribution is 5.14. The molecule has 3 rings (SSSR count). The van der Waals surface area contributed by atoms with Crippen molar-refractivity contribution >= 4 is 0 Å². The van der Waals surface area contributed by atoms with Crippen LogP contribution in [0.2, 0.25) is 0 Å². The van der Waals surface area contributed by atoms with E-state index < -0.39 is 0 Å². The summed E-state index contributed by atoms with van der Waals surface area (Å²) in [4.78, 5) is 8.94. The average Bonchev–Trinajstić information content (AvgIpc) is 3.06. The van der Waals surface area contributed by atoms with Crippen LogP contribution in [0.1, 0.15) is 18.4 Å². The molecular weight excluding hydrogens is 210 g/mol. The van der Waals surface area contributed by atoms with E-state index in [2.05, 4.69) is 45.2 Å². The Kier molecular flexibility index (Phi) is 4.79. The van der Waals surface area contributed by atoms with Gasteiger partial charge in [0.25, 0.3) is 0 Å².